The van der Waals surface area contributed by atoms with Crippen molar-refractivity contribution >= 4 is 12.0 Å². The average molecular weight is 287 g/mol. The number of carbonyl (C=O) groups is 2. The van der Waals surface area contributed by atoms with Gasteiger partial charge in [-0.05, 0) is 20.8 Å². The van der Waals surface area contributed by atoms with E-state index in [1.54, 1.807) is 25.7 Å². The first-order valence-electron chi connectivity index (χ1n) is 6.93. The second-order valence-corrected chi connectivity index (χ2v) is 5.77. The average Bonchev–Trinajstić information content (AvgIpc) is 2.34. The zero-order valence-corrected chi connectivity index (χ0v) is 12.5. The summed E-state index contributed by atoms with van der Waals surface area (Å²) in [5.74, 6) is -0.999. The normalized spacial score (nSPS) is 17.1. The van der Waals surface area contributed by atoms with Gasteiger partial charge in [0, 0.05) is 39.3 Å². The number of piperazine rings is 1. The van der Waals surface area contributed by atoms with E-state index in [9.17, 15) is 14.7 Å². The number of aliphatic hydroxyl groups is 1. The van der Waals surface area contributed by atoms with Gasteiger partial charge in [0.15, 0.2) is 0 Å². The topological polar surface area (TPSA) is 84.3 Å². The first-order valence-corrected chi connectivity index (χ1v) is 6.93. The molecule has 0 aliphatic carbocycles. The smallest absolute Gasteiger partial charge is 0.323 e. The van der Waals surface area contributed by atoms with Gasteiger partial charge in [-0.1, -0.05) is 0 Å². The number of β-amino-alcohol motifs (C(OH)–C–C–N with tert-alkyl or cyclic N) is 1. The van der Waals surface area contributed by atoms with E-state index < -0.39 is 11.6 Å². The minimum atomic E-state index is -0.999. The van der Waals surface area contributed by atoms with Crippen molar-refractivity contribution in [2.75, 3.05) is 45.8 Å². The van der Waals surface area contributed by atoms with Crippen molar-refractivity contribution in [1.82, 2.24) is 14.7 Å². The molecule has 1 heterocycles. The predicted octanol–water partition coefficient (Wildman–Crippen LogP) is -0.0986. The van der Waals surface area contributed by atoms with Crippen LogP contribution in [0.2, 0.25) is 0 Å². The second kappa shape index (κ2) is 6.90. The first kappa shape index (κ1) is 16.7. The Morgan fingerprint density at radius 3 is 2.15 bits per heavy atom. The number of carbonyl (C=O) groups excluding carboxylic acids is 1. The Kier molecular flexibility index (Phi) is 5.76. The Morgan fingerprint density at radius 1 is 1.20 bits per heavy atom. The molecule has 0 unspecified atom stereocenters. The Morgan fingerprint density at radius 2 is 1.75 bits per heavy atom. The Balaban J connectivity index is 2.47. The van der Waals surface area contributed by atoms with Crippen LogP contribution in [0.4, 0.5) is 4.79 Å². The van der Waals surface area contributed by atoms with E-state index in [-0.39, 0.29) is 12.6 Å². The number of aliphatic carboxylic acids is 1. The maximum atomic E-state index is 12.2. The lowest BCUT2D eigenvalue weighted by Crippen LogP contribution is -2.55. The van der Waals surface area contributed by atoms with Gasteiger partial charge in [-0.2, -0.15) is 0 Å². The summed E-state index contributed by atoms with van der Waals surface area (Å²) >= 11 is 0. The van der Waals surface area contributed by atoms with Gasteiger partial charge < -0.3 is 20.0 Å². The molecular formula is C13H25N3O4. The van der Waals surface area contributed by atoms with E-state index in [0.29, 0.717) is 39.3 Å². The van der Waals surface area contributed by atoms with Gasteiger partial charge >= 0.3 is 12.0 Å². The molecule has 0 radical (unpaired) electrons. The SMILES string of the molecule is CCN(CC(=O)O)C(=O)N1CCN(CC(C)(C)O)CC1. The number of urea groups is 1. The number of rotatable bonds is 5. The highest BCUT2D eigenvalue weighted by molar-refractivity contribution is 5.80. The maximum absolute atomic E-state index is 12.2. The summed E-state index contributed by atoms with van der Waals surface area (Å²) in [4.78, 5) is 28.0. The molecular weight excluding hydrogens is 262 g/mol. The predicted molar refractivity (Wildman–Crippen MR) is 74.6 cm³/mol. The molecule has 1 saturated heterocycles. The van der Waals surface area contributed by atoms with Crippen molar-refractivity contribution in [3.63, 3.8) is 0 Å². The van der Waals surface area contributed by atoms with Crippen LogP contribution >= 0.6 is 0 Å². The van der Waals surface area contributed by atoms with Gasteiger partial charge in [-0.25, -0.2) is 4.79 Å². The zero-order valence-electron chi connectivity index (χ0n) is 12.5. The van der Waals surface area contributed by atoms with E-state index in [2.05, 4.69) is 4.90 Å². The molecule has 0 aromatic carbocycles. The summed E-state index contributed by atoms with van der Waals surface area (Å²) in [7, 11) is 0. The highest BCUT2D eigenvalue weighted by atomic mass is 16.4. The van der Waals surface area contributed by atoms with E-state index >= 15 is 0 Å². The fourth-order valence-electron chi connectivity index (χ4n) is 2.32. The van der Waals surface area contributed by atoms with Crippen LogP contribution in [0.5, 0.6) is 0 Å². The Bertz CT molecular complexity index is 346. The minimum Gasteiger partial charge on any atom is -0.480 e. The van der Waals surface area contributed by atoms with Gasteiger partial charge in [0.1, 0.15) is 6.54 Å². The molecule has 1 fully saturated rings. The van der Waals surface area contributed by atoms with Gasteiger partial charge in [-0.3, -0.25) is 9.69 Å². The molecule has 7 nitrogen and oxygen atoms in total. The summed E-state index contributed by atoms with van der Waals surface area (Å²) in [5, 5.41) is 18.6. The van der Waals surface area contributed by atoms with Crippen molar-refractivity contribution in [1.29, 1.82) is 0 Å². The standard InChI is InChI=1S/C13H25N3O4/c1-4-15(9-11(17)18)12(19)16-7-5-14(6-8-16)10-13(2,3)20/h20H,4-10H2,1-3H3,(H,17,18). The van der Waals surface area contributed by atoms with Gasteiger partial charge in [0.05, 0.1) is 5.60 Å². The minimum absolute atomic E-state index is 0.224. The van der Waals surface area contributed by atoms with E-state index in [0.717, 1.165) is 0 Å². The molecule has 0 aromatic heterocycles. The molecule has 2 amide bonds. The summed E-state index contributed by atoms with van der Waals surface area (Å²) in [5.41, 5.74) is -0.745. The summed E-state index contributed by atoms with van der Waals surface area (Å²) < 4.78 is 0. The van der Waals surface area contributed by atoms with Crippen molar-refractivity contribution in [3.05, 3.63) is 0 Å². The van der Waals surface area contributed by atoms with Crippen LogP contribution in [-0.2, 0) is 4.79 Å². The van der Waals surface area contributed by atoms with Crippen LogP contribution in [0, 0.1) is 0 Å². The van der Waals surface area contributed by atoms with Gasteiger partial charge in [-0.15, -0.1) is 0 Å². The fourth-order valence-corrected chi connectivity index (χ4v) is 2.32. The monoisotopic (exact) mass is 287 g/mol. The molecule has 7 heteroatoms. The molecule has 0 bridgehead atoms. The summed E-state index contributed by atoms with van der Waals surface area (Å²) in [6.45, 7) is 8.49. The molecule has 0 aromatic rings. The third kappa shape index (κ3) is 5.34. The van der Waals surface area contributed by atoms with Crippen molar-refractivity contribution in [3.8, 4) is 0 Å². The number of amides is 2. The Labute approximate surface area is 119 Å². The number of nitrogens with zero attached hydrogens (tertiary/aromatic N) is 3. The van der Waals surface area contributed by atoms with Crippen molar-refractivity contribution < 1.29 is 19.8 Å². The molecule has 0 spiro atoms. The number of hydrogen-bond acceptors (Lipinski definition) is 4. The maximum Gasteiger partial charge on any atom is 0.323 e. The number of carboxylic acids is 1. The van der Waals surface area contributed by atoms with Crippen LogP contribution in [0.3, 0.4) is 0 Å². The third-order valence-electron chi connectivity index (χ3n) is 3.23. The van der Waals surface area contributed by atoms with Crippen LogP contribution < -0.4 is 0 Å². The zero-order chi connectivity index (χ0) is 15.3. The first-order chi connectivity index (χ1) is 9.23. The molecule has 116 valence electrons. The quantitative estimate of drug-likeness (QED) is 0.738. The van der Waals surface area contributed by atoms with Crippen LogP contribution in [0.1, 0.15) is 20.8 Å². The number of likely N-dealkylation sites (N-methyl/N-ethyl adjacent to an activating group) is 1. The molecule has 1 aliphatic heterocycles. The van der Waals surface area contributed by atoms with Crippen LogP contribution in [0.25, 0.3) is 0 Å². The van der Waals surface area contributed by atoms with Crippen LogP contribution in [-0.4, -0.2) is 88.3 Å². The highest BCUT2D eigenvalue weighted by Gasteiger charge is 2.27. The molecule has 1 aliphatic rings. The summed E-state index contributed by atoms with van der Waals surface area (Å²) in [6.07, 6.45) is 0. The molecule has 0 atom stereocenters. The largest absolute Gasteiger partial charge is 0.480 e. The van der Waals surface area contributed by atoms with Gasteiger partial charge in [0.25, 0.3) is 0 Å². The molecule has 1 rings (SSSR count). The lowest BCUT2D eigenvalue weighted by Gasteiger charge is -2.38. The van der Waals surface area contributed by atoms with Gasteiger partial charge in [0.2, 0.25) is 0 Å². The third-order valence-corrected chi connectivity index (χ3v) is 3.23. The van der Waals surface area contributed by atoms with Crippen molar-refractivity contribution in [2.45, 2.75) is 26.4 Å². The Hall–Kier alpha value is -1.34. The fraction of sp³-hybridized carbons (Fsp3) is 0.846. The lowest BCUT2D eigenvalue weighted by atomic mass is 10.1. The molecule has 0 saturated carbocycles. The highest BCUT2D eigenvalue weighted by Crippen LogP contribution is 2.10. The van der Waals surface area contributed by atoms with Crippen LogP contribution in [0.15, 0.2) is 0 Å². The van der Waals surface area contributed by atoms with E-state index in [1.807, 2.05) is 0 Å². The summed E-state index contributed by atoms with van der Waals surface area (Å²) in [6, 6.07) is -0.224. The van der Waals surface area contributed by atoms with E-state index in [1.165, 1.54) is 4.90 Å². The number of carboxylic acid groups (broad SMARTS) is 1. The van der Waals surface area contributed by atoms with E-state index in [4.69, 9.17) is 5.11 Å². The molecule has 2 N–H and O–H groups in total. The lowest BCUT2D eigenvalue weighted by molar-refractivity contribution is -0.137. The molecule has 20 heavy (non-hydrogen) atoms. The number of hydrogen-bond donors (Lipinski definition) is 2. The van der Waals surface area contributed by atoms with Crippen molar-refractivity contribution in [2.24, 2.45) is 0 Å². The second-order valence-electron chi connectivity index (χ2n) is 5.77.